The number of rotatable bonds is 2. The van der Waals surface area contributed by atoms with E-state index in [9.17, 15) is 0 Å². The Balaban J connectivity index is 1.85. The molecule has 3 rings (SSSR count). The summed E-state index contributed by atoms with van der Waals surface area (Å²) in [6.45, 7) is 6.56. The van der Waals surface area contributed by atoms with E-state index in [2.05, 4.69) is 35.2 Å². The Bertz CT molecular complexity index is 426. The number of aryl methyl sites for hydroxylation is 1. The normalized spacial score (nSPS) is 29.0. The van der Waals surface area contributed by atoms with Gasteiger partial charge in [-0.3, -0.25) is 0 Å². The minimum Gasteiger partial charge on any atom is -0.316 e. The molecule has 3 heterocycles. The fourth-order valence-electron chi connectivity index (χ4n) is 3.06. The molecule has 0 amide bonds. The first-order chi connectivity index (χ1) is 8.72. The Morgan fingerprint density at radius 2 is 2.17 bits per heavy atom. The van der Waals surface area contributed by atoms with Crippen molar-refractivity contribution in [1.82, 2.24) is 20.2 Å². The second kappa shape index (κ2) is 4.94. The van der Waals surface area contributed by atoms with Crippen LogP contribution in [-0.4, -0.2) is 48.1 Å². The van der Waals surface area contributed by atoms with Gasteiger partial charge < -0.3 is 10.2 Å². The van der Waals surface area contributed by atoms with Gasteiger partial charge >= 0.3 is 0 Å². The van der Waals surface area contributed by atoms with Crippen LogP contribution in [0, 0.1) is 6.92 Å². The Morgan fingerprint density at radius 3 is 2.83 bits per heavy atom. The maximum absolute atomic E-state index is 4.85. The van der Waals surface area contributed by atoms with Crippen LogP contribution in [0.5, 0.6) is 0 Å². The van der Waals surface area contributed by atoms with Crippen LogP contribution in [-0.2, 0) is 0 Å². The molecule has 2 aliphatic rings. The van der Waals surface area contributed by atoms with E-state index in [1.54, 1.807) is 0 Å². The second-order valence-corrected chi connectivity index (χ2v) is 5.73. The molecule has 1 aromatic heterocycles. The van der Waals surface area contributed by atoms with Crippen molar-refractivity contribution in [2.24, 2.45) is 0 Å². The van der Waals surface area contributed by atoms with Crippen molar-refractivity contribution in [1.29, 1.82) is 0 Å². The van der Waals surface area contributed by atoms with Crippen molar-refractivity contribution in [3.8, 4) is 0 Å². The number of hydrogen-bond donors (Lipinski definition) is 1. The molecular weight excluding hydrogens is 224 g/mol. The highest BCUT2D eigenvalue weighted by Gasteiger charge is 2.25. The average molecular weight is 246 g/mol. The van der Waals surface area contributed by atoms with Gasteiger partial charge in [-0.1, -0.05) is 0 Å². The molecule has 1 aromatic rings. The summed E-state index contributed by atoms with van der Waals surface area (Å²) >= 11 is 0. The largest absolute Gasteiger partial charge is 0.316 e. The second-order valence-electron chi connectivity index (χ2n) is 5.73. The molecule has 1 N–H and O–H groups in total. The van der Waals surface area contributed by atoms with Crippen LogP contribution in [0.4, 0.5) is 0 Å². The Labute approximate surface area is 109 Å². The summed E-state index contributed by atoms with van der Waals surface area (Å²) in [5, 5.41) is 3.40. The highest BCUT2D eigenvalue weighted by Crippen LogP contribution is 2.27. The summed E-state index contributed by atoms with van der Waals surface area (Å²) in [6.07, 6.45) is 2.41. The summed E-state index contributed by atoms with van der Waals surface area (Å²) in [5.41, 5.74) is 2.38. The standard InChI is InChI=1S/C14H22N4/c1-10-7-13(12-4-6-18(2)9-12)17-14(16-10)11-3-5-15-8-11/h7,11-12,15H,3-6,8-9H2,1-2H3. The zero-order valence-electron chi connectivity index (χ0n) is 11.3. The fraction of sp³-hybridized carbons (Fsp3) is 0.714. The van der Waals surface area contributed by atoms with Crippen molar-refractivity contribution in [2.45, 2.75) is 31.6 Å². The Morgan fingerprint density at radius 1 is 1.28 bits per heavy atom. The molecule has 0 aromatic carbocycles. The molecule has 2 atom stereocenters. The van der Waals surface area contributed by atoms with E-state index in [0.717, 1.165) is 31.2 Å². The van der Waals surface area contributed by atoms with Gasteiger partial charge in [-0.25, -0.2) is 9.97 Å². The van der Waals surface area contributed by atoms with E-state index in [1.165, 1.54) is 25.1 Å². The topological polar surface area (TPSA) is 41.1 Å². The number of nitrogens with one attached hydrogen (secondary N) is 1. The molecule has 0 bridgehead atoms. The van der Waals surface area contributed by atoms with Gasteiger partial charge in [0.15, 0.2) is 0 Å². The van der Waals surface area contributed by atoms with Gasteiger partial charge in [-0.2, -0.15) is 0 Å². The lowest BCUT2D eigenvalue weighted by atomic mass is 10.0. The first kappa shape index (κ1) is 12.1. The van der Waals surface area contributed by atoms with Crippen molar-refractivity contribution < 1.29 is 0 Å². The van der Waals surface area contributed by atoms with Crippen molar-refractivity contribution in [2.75, 3.05) is 33.2 Å². The lowest BCUT2D eigenvalue weighted by molar-refractivity contribution is 0.410. The molecule has 2 unspecified atom stereocenters. The summed E-state index contributed by atoms with van der Waals surface area (Å²) in [6, 6.07) is 2.18. The predicted molar refractivity (Wildman–Crippen MR) is 71.9 cm³/mol. The predicted octanol–water partition coefficient (Wildman–Crippen LogP) is 1.28. The lowest BCUT2D eigenvalue weighted by Crippen LogP contribution is -2.16. The summed E-state index contributed by atoms with van der Waals surface area (Å²) in [4.78, 5) is 11.9. The van der Waals surface area contributed by atoms with E-state index in [4.69, 9.17) is 4.98 Å². The summed E-state index contributed by atoms with van der Waals surface area (Å²) < 4.78 is 0. The van der Waals surface area contributed by atoms with Crippen LogP contribution in [0.3, 0.4) is 0 Å². The third-order valence-corrected chi connectivity index (χ3v) is 4.13. The Kier molecular flexibility index (Phi) is 3.31. The van der Waals surface area contributed by atoms with Gasteiger partial charge in [-0.05, 0) is 46.0 Å². The number of nitrogens with zero attached hydrogens (tertiary/aromatic N) is 3. The quantitative estimate of drug-likeness (QED) is 0.853. The van der Waals surface area contributed by atoms with Crippen LogP contribution in [0.2, 0.25) is 0 Å². The lowest BCUT2D eigenvalue weighted by Gasteiger charge is -2.14. The molecule has 18 heavy (non-hydrogen) atoms. The number of likely N-dealkylation sites (N-methyl/N-ethyl adjacent to an activating group) is 1. The van der Waals surface area contributed by atoms with Gasteiger partial charge in [0.05, 0.1) is 0 Å². The smallest absolute Gasteiger partial charge is 0.133 e. The van der Waals surface area contributed by atoms with Crippen molar-refractivity contribution >= 4 is 0 Å². The van der Waals surface area contributed by atoms with Crippen LogP contribution in [0.15, 0.2) is 6.07 Å². The first-order valence-corrected chi connectivity index (χ1v) is 6.97. The van der Waals surface area contributed by atoms with Crippen LogP contribution in [0.25, 0.3) is 0 Å². The van der Waals surface area contributed by atoms with E-state index >= 15 is 0 Å². The third-order valence-electron chi connectivity index (χ3n) is 4.13. The summed E-state index contributed by atoms with van der Waals surface area (Å²) in [7, 11) is 2.19. The minimum absolute atomic E-state index is 0.516. The highest BCUT2D eigenvalue weighted by molar-refractivity contribution is 5.18. The zero-order chi connectivity index (χ0) is 12.5. The van der Waals surface area contributed by atoms with Crippen LogP contribution >= 0.6 is 0 Å². The molecule has 4 heteroatoms. The van der Waals surface area contributed by atoms with Gasteiger partial charge in [0.1, 0.15) is 5.82 Å². The molecule has 2 saturated heterocycles. The maximum Gasteiger partial charge on any atom is 0.133 e. The third kappa shape index (κ3) is 2.40. The highest BCUT2D eigenvalue weighted by atomic mass is 15.1. The first-order valence-electron chi connectivity index (χ1n) is 6.97. The van der Waals surface area contributed by atoms with Gasteiger partial charge in [-0.15, -0.1) is 0 Å². The van der Waals surface area contributed by atoms with Crippen molar-refractivity contribution in [3.05, 3.63) is 23.3 Å². The fourth-order valence-corrected chi connectivity index (χ4v) is 3.06. The SMILES string of the molecule is Cc1cc(C2CCN(C)C2)nc(C2CCNC2)n1. The molecule has 0 saturated carbocycles. The Hall–Kier alpha value is -1.00. The number of likely N-dealkylation sites (tertiary alicyclic amines) is 1. The molecule has 0 radical (unpaired) electrons. The van der Waals surface area contributed by atoms with E-state index in [1.807, 2.05) is 0 Å². The molecule has 2 fully saturated rings. The number of hydrogen-bond acceptors (Lipinski definition) is 4. The zero-order valence-corrected chi connectivity index (χ0v) is 11.3. The molecule has 0 spiro atoms. The van der Waals surface area contributed by atoms with Crippen LogP contribution < -0.4 is 5.32 Å². The van der Waals surface area contributed by atoms with E-state index in [0.29, 0.717) is 11.8 Å². The summed E-state index contributed by atoms with van der Waals surface area (Å²) in [5.74, 6) is 2.18. The number of aromatic nitrogens is 2. The average Bonchev–Trinajstić information content (AvgIpc) is 2.98. The monoisotopic (exact) mass is 246 g/mol. The van der Waals surface area contributed by atoms with Crippen molar-refractivity contribution in [3.63, 3.8) is 0 Å². The molecule has 4 nitrogen and oxygen atoms in total. The molecular formula is C14H22N4. The van der Waals surface area contributed by atoms with Crippen LogP contribution in [0.1, 0.15) is 41.9 Å². The molecule has 0 aliphatic carbocycles. The molecule has 98 valence electrons. The minimum atomic E-state index is 0.516. The van der Waals surface area contributed by atoms with Gasteiger partial charge in [0.2, 0.25) is 0 Å². The van der Waals surface area contributed by atoms with Gasteiger partial charge in [0, 0.05) is 36.3 Å². The van der Waals surface area contributed by atoms with E-state index < -0.39 is 0 Å². The molecule has 2 aliphatic heterocycles. The van der Waals surface area contributed by atoms with E-state index in [-0.39, 0.29) is 0 Å². The maximum atomic E-state index is 4.85. The van der Waals surface area contributed by atoms with Gasteiger partial charge in [0.25, 0.3) is 0 Å².